The Morgan fingerprint density at radius 2 is 1.71 bits per heavy atom. The topological polar surface area (TPSA) is 75.0 Å². The highest BCUT2D eigenvalue weighted by molar-refractivity contribution is 6.15. The number of fused-ring (bicyclic) bond motifs is 2. The van der Waals surface area contributed by atoms with E-state index in [9.17, 15) is 14.0 Å². The van der Waals surface area contributed by atoms with Crippen molar-refractivity contribution in [1.29, 1.82) is 0 Å². The molecule has 0 bridgehead atoms. The Kier molecular flexibility index (Phi) is 5.73. The van der Waals surface area contributed by atoms with Crippen LogP contribution in [0, 0.1) is 5.82 Å². The summed E-state index contributed by atoms with van der Waals surface area (Å²) >= 11 is 0. The molecule has 0 N–H and O–H groups in total. The van der Waals surface area contributed by atoms with E-state index in [4.69, 9.17) is 18.6 Å². The van der Waals surface area contributed by atoms with Gasteiger partial charge in [0.1, 0.15) is 40.0 Å². The number of hydrogen-bond donors (Lipinski definition) is 0. The number of Topliss-reactive ketones (excluding diaryl/α,β-unsaturated/α-hetero) is 1. The van der Waals surface area contributed by atoms with Crippen molar-refractivity contribution in [3.8, 4) is 28.6 Å². The Balaban J connectivity index is 1.34. The van der Waals surface area contributed by atoms with Crippen LogP contribution in [0.25, 0.3) is 28.4 Å². The maximum atomic E-state index is 13.6. The fourth-order valence-electron chi connectivity index (χ4n) is 4.34. The van der Waals surface area contributed by atoms with Gasteiger partial charge in [-0.05, 0) is 54.1 Å². The molecule has 186 valence electrons. The Hall–Kier alpha value is -5.17. The lowest BCUT2D eigenvalue weighted by Gasteiger charge is -2.07. The van der Waals surface area contributed by atoms with Gasteiger partial charge in [-0.2, -0.15) is 0 Å². The predicted molar refractivity (Wildman–Crippen MR) is 139 cm³/mol. The van der Waals surface area contributed by atoms with E-state index < -0.39 is 11.8 Å². The molecule has 5 aromatic rings. The minimum atomic E-state index is -0.643. The molecular weight excluding hydrogens is 487 g/mol. The van der Waals surface area contributed by atoms with Crippen LogP contribution in [0.15, 0.2) is 101 Å². The van der Waals surface area contributed by atoms with E-state index in [0.29, 0.717) is 39.2 Å². The highest BCUT2D eigenvalue weighted by Crippen LogP contribution is 2.38. The number of rotatable bonds is 5. The Morgan fingerprint density at radius 1 is 0.895 bits per heavy atom. The van der Waals surface area contributed by atoms with Crippen molar-refractivity contribution < 1.29 is 32.6 Å². The lowest BCUT2D eigenvalue weighted by atomic mass is 10.1. The molecule has 4 aromatic carbocycles. The van der Waals surface area contributed by atoms with Crippen molar-refractivity contribution in [2.45, 2.75) is 0 Å². The molecule has 0 amide bonds. The smallest absolute Gasteiger partial charge is 0.348 e. The minimum absolute atomic E-state index is 0.0494. The van der Waals surface area contributed by atoms with Crippen LogP contribution in [0.1, 0.15) is 26.3 Å². The van der Waals surface area contributed by atoms with E-state index in [2.05, 4.69) is 0 Å². The molecule has 0 atom stereocenters. The number of ketones is 1. The van der Waals surface area contributed by atoms with Crippen LogP contribution < -0.4 is 14.2 Å². The molecule has 1 aliphatic heterocycles. The van der Waals surface area contributed by atoms with Gasteiger partial charge in [0.2, 0.25) is 5.78 Å². The molecule has 1 aromatic heterocycles. The second-order valence-electron chi connectivity index (χ2n) is 8.58. The van der Waals surface area contributed by atoms with Gasteiger partial charge in [-0.1, -0.05) is 42.5 Å². The molecule has 38 heavy (non-hydrogen) atoms. The summed E-state index contributed by atoms with van der Waals surface area (Å²) in [5.41, 5.74) is 2.27. The second-order valence-corrected chi connectivity index (χ2v) is 8.58. The van der Waals surface area contributed by atoms with Crippen molar-refractivity contribution >= 4 is 28.8 Å². The summed E-state index contributed by atoms with van der Waals surface area (Å²) in [4.78, 5) is 26.3. The van der Waals surface area contributed by atoms with Gasteiger partial charge < -0.3 is 18.6 Å². The summed E-state index contributed by atoms with van der Waals surface area (Å²) in [6.07, 6.45) is 1.47. The number of furan rings is 1. The van der Waals surface area contributed by atoms with Crippen molar-refractivity contribution in [3.05, 3.63) is 119 Å². The first-order chi connectivity index (χ1) is 18.5. The van der Waals surface area contributed by atoms with Crippen LogP contribution in [-0.4, -0.2) is 18.9 Å². The first-order valence-electron chi connectivity index (χ1n) is 11.7. The number of allylic oxidation sites excluding steroid dienone is 1. The number of halogens is 1. The Labute approximate surface area is 216 Å². The monoisotopic (exact) mass is 506 g/mol. The van der Waals surface area contributed by atoms with Crippen LogP contribution in [-0.2, 0) is 0 Å². The summed E-state index contributed by atoms with van der Waals surface area (Å²) in [6, 6.07) is 24.8. The third kappa shape index (κ3) is 4.20. The number of hydrogen-bond acceptors (Lipinski definition) is 6. The van der Waals surface area contributed by atoms with Crippen LogP contribution >= 0.6 is 0 Å². The summed E-state index contributed by atoms with van der Waals surface area (Å²) in [5.74, 6) is -0.00300. The van der Waals surface area contributed by atoms with Crippen molar-refractivity contribution in [2.75, 3.05) is 7.11 Å². The molecule has 0 spiro atoms. The van der Waals surface area contributed by atoms with E-state index in [1.54, 1.807) is 37.4 Å². The molecule has 1 aliphatic rings. The molecular formula is C31H19FO6. The van der Waals surface area contributed by atoms with Crippen molar-refractivity contribution in [1.82, 2.24) is 0 Å². The zero-order valence-electron chi connectivity index (χ0n) is 20.1. The zero-order chi connectivity index (χ0) is 26.2. The molecule has 6 rings (SSSR count). The predicted octanol–water partition coefficient (Wildman–Crippen LogP) is 7.08. The van der Waals surface area contributed by atoms with Gasteiger partial charge >= 0.3 is 5.97 Å². The van der Waals surface area contributed by atoms with Gasteiger partial charge in [0.15, 0.2) is 5.76 Å². The molecule has 0 aliphatic carbocycles. The van der Waals surface area contributed by atoms with E-state index in [1.165, 1.54) is 36.4 Å². The molecule has 2 heterocycles. The van der Waals surface area contributed by atoms with E-state index in [1.807, 2.05) is 30.3 Å². The fourth-order valence-corrected chi connectivity index (χ4v) is 4.34. The maximum Gasteiger partial charge on any atom is 0.348 e. The first-order valence-corrected chi connectivity index (χ1v) is 11.7. The lowest BCUT2D eigenvalue weighted by molar-refractivity contribution is 0.0736. The SMILES string of the molecule is COc1ccc2oc(-c3ccccc3)c(C(=O)Oc3ccc4c(c3)O/C(=C\c3cccc(F)c3)C4=O)c2c1. The molecule has 7 heteroatoms. The minimum Gasteiger partial charge on any atom is -0.497 e. The number of ether oxygens (including phenoxy) is 3. The average Bonchev–Trinajstić information content (AvgIpc) is 3.46. The maximum absolute atomic E-state index is 13.6. The summed E-state index contributed by atoms with van der Waals surface area (Å²) in [7, 11) is 1.54. The first kappa shape index (κ1) is 23.2. The normalized spacial score (nSPS) is 13.4. The number of esters is 1. The van der Waals surface area contributed by atoms with Gasteiger partial charge in [-0.3, -0.25) is 4.79 Å². The standard InChI is InChI=1S/C31H19FO6/c1-35-21-11-13-25-24(16-21)28(30(38-25)19-7-3-2-4-8-19)31(34)36-22-10-12-23-26(17-22)37-27(29(23)33)15-18-6-5-9-20(32)14-18/h2-17H,1H3/b27-15-. The summed E-state index contributed by atoms with van der Waals surface area (Å²) in [6.45, 7) is 0. The van der Waals surface area contributed by atoms with E-state index in [0.717, 1.165) is 0 Å². The van der Waals surface area contributed by atoms with Crippen molar-refractivity contribution in [2.24, 2.45) is 0 Å². The van der Waals surface area contributed by atoms with E-state index >= 15 is 0 Å². The van der Waals surface area contributed by atoms with Crippen LogP contribution in [0.4, 0.5) is 4.39 Å². The summed E-state index contributed by atoms with van der Waals surface area (Å²) in [5, 5.41) is 0.543. The molecule has 6 nitrogen and oxygen atoms in total. The zero-order valence-corrected chi connectivity index (χ0v) is 20.1. The summed E-state index contributed by atoms with van der Waals surface area (Å²) < 4.78 is 36.4. The van der Waals surface area contributed by atoms with E-state index in [-0.39, 0.29) is 28.6 Å². The molecule has 0 saturated heterocycles. The lowest BCUT2D eigenvalue weighted by Crippen LogP contribution is -2.09. The fraction of sp³-hybridized carbons (Fsp3) is 0.0323. The van der Waals surface area contributed by atoms with Gasteiger partial charge in [0, 0.05) is 17.0 Å². The van der Waals surface area contributed by atoms with Gasteiger partial charge in [0.05, 0.1) is 12.7 Å². The number of carbonyl (C=O) groups excluding carboxylic acids is 2. The number of methoxy groups -OCH3 is 1. The average molecular weight is 506 g/mol. The van der Waals surface area contributed by atoms with Gasteiger partial charge in [-0.25, -0.2) is 9.18 Å². The quantitative estimate of drug-likeness (QED) is 0.144. The largest absolute Gasteiger partial charge is 0.497 e. The number of benzene rings is 4. The van der Waals surface area contributed by atoms with Gasteiger partial charge in [-0.15, -0.1) is 0 Å². The second kappa shape index (κ2) is 9.37. The molecule has 0 unspecified atom stereocenters. The Morgan fingerprint density at radius 3 is 2.50 bits per heavy atom. The molecule has 0 radical (unpaired) electrons. The molecule has 0 fully saturated rings. The van der Waals surface area contributed by atoms with Crippen LogP contribution in [0.2, 0.25) is 0 Å². The highest BCUT2D eigenvalue weighted by atomic mass is 19.1. The molecule has 0 saturated carbocycles. The highest BCUT2D eigenvalue weighted by Gasteiger charge is 2.29. The van der Waals surface area contributed by atoms with Crippen LogP contribution in [0.5, 0.6) is 17.2 Å². The van der Waals surface area contributed by atoms with Crippen LogP contribution in [0.3, 0.4) is 0 Å². The Bertz CT molecular complexity index is 1750. The number of carbonyl (C=O) groups is 2. The third-order valence-corrected chi connectivity index (χ3v) is 6.13. The third-order valence-electron chi connectivity index (χ3n) is 6.13. The van der Waals surface area contributed by atoms with Gasteiger partial charge in [0.25, 0.3) is 0 Å². The van der Waals surface area contributed by atoms with Crippen molar-refractivity contribution in [3.63, 3.8) is 0 Å².